The van der Waals surface area contributed by atoms with Crippen LogP contribution in [0.15, 0.2) is 18.2 Å². The molecule has 3 nitrogen and oxygen atoms in total. The van der Waals surface area contributed by atoms with Gasteiger partial charge in [0.25, 0.3) is 0 Å². The topological polar surface area (TPSA) is 29.9 Å². The van der Waals surface area contributed by atoms with E-state index in [9.17, 15) is 0 Å². The molecule has 2 aromatic rings. The third kappa shape index (κ3) is 2.38. The number of para-hydroxylation sites is 1. The van der Waals surface area contributed by atoms with Crippen LogP contribution in [0, 0.1) is 0 Å². The number of fused-ring (bicyclic) bond motifs is 1. The van der Waals surface area contributed by atoms with E-state index in [2.05, 4.69) is 30.7 Å². The van der Waals surface area contributed by atoms with E-state index in [0.29, 0.717) is 5.92 Å². The Labute approximate surface area is 113 Å². The van der Waals surface area contributed by atoms with Crippen molar-refractivity contribution in [2.24, 2.45) is 0 Å². The molecule has 2 rings (SSSR count). The Balaban J connectivity index is 2.47. The van der Waals surface area contributed by atoms with Crippen molar-refractivity contribution in [2.45, 2.75) is 33.2 Å². The average Bonchev–Trinajstić information content (AvgIpc) is 2.76. The second-order valence-corrected chi connectivity index (χ2v) is 4.94. The average molecular weight is 266 g/mol. The van der Waals surface area contributed by atoms with E-state index in [1.807, 2.05) is 18.2 Å². The van der Waals surface area contributed by atoms with Crippen molar-refractivity contribution < 1.29 is 0 Å². The number of benzene rings is 1. The maximum Gasteiger partial charge on any atom is 0.114 e. The van der Waals surface area contributed by atoms with Gasteiger partial charge in [-0.2, -0.15) is 0 Å². The van der Waals surface area contributed by atoms with Gasteiger partial charge in [-0.05, 0) is 25.6 Å². The fourth-order valence-corrected chi connectivity index (χ4v) is 2.58. The van der Waals surface area contributed by atoms with Gasteiger partial charge in [0.1, 0.15) is 5.82 Å². The summed E-state index contributed by atoms with van der Waals surface area (Å²) in [5.74, 6) is 1.50. The summed E-state index contributed by atoms with van der Waals surface area (Å²) in [5.41, 5.74) is 2.04. The number of rotatable bonds is 5. The SMILES string of the molecule is CCNCC(C)c1nc2cccc(Cl)c2n1CC. The minimum atomic E-state index is 0.383. The fourth-order valence-electron chi connectivity index (χ4n) is 2.31. The van der Waals surface area contributed by atoms with Gasteiger partial charge >= 0.3 is 0 Å². The molecule has 0 aliphatic heterocycles. The van der Waals surface area contributed by atoms with E-state index in [1.165, 1.54) is 0 Å². The van der Waals surface area contributed by atoms with Crippen molar-refractivity contribution in [1.82, 2.24) is 14.9 Å². The first-order valence-electron chi connectivity index (χ1n) is 6.54. The number of hydrogen-bond donors (Lipinski definition) is 1. The summed E-state index contributed by atoms with van der Waals surface area (Å²) in [7, 11) is 0. The van der Waals surface area contributed by atoms with Crippen molar-refractivity contribution in [1.29, 1.82) is 0 Å². The van der Waals surface area contributed by atoms with Crippen LogP contribution in [0.5, 0.6) is 0 Å². The van der Waals surface area contributed by atoms with E-state index in [1.54, 1.807) is 0 Å². The maximum absolute atomic E-state index is 6.29. The Morgan fingerprint density at radius 3 is 2.83 bits per heavy atom. The van der Waals surface area contributed by atoms with Crippen molar-refractivity contribution in [3.8, 4) is 0 Å². The van der Waals surface area contributed by atoms with Crippen LogP contribution >= 0.6 is 11.6 Å². The summed E-state index contributed by atoms with van der Waals surface area (Å²) < 4.78 is 2.22. The zero-order valence-electron chi connectivity index (χ0n) is 11.2. The van der Waals surface area contributed by atoms with Crippen LogP contribution in [0.4, 0.5) is 0 Å². The molecule has 0 saturated heterocycles. The summed E-state index contributed by atoms with van der Waals surface area (Å²) in [4.78, 5) is 4.74. The van der Waals surface area contributed by atoms with Gasteiger partial charge in [0.05, 0.1) is 16.1 Å². The number of nitrogens with one attached hydrogen (secondary N) is 1. The van der Waals surface area contributed by atoms with Crippen LogP contribution < -0.4 is 5.32 Å². The third-order valence-electron chi connectivity index (χ3n) is 3.20. The molecule has 1 heterocycles. The maximum atomic E-state index is 6.29. The normalized spacial score (nSPS) is 13.1. The highest BCUT2D eigenvalue weighted by Crippen LogP contribution is 2.27. The second kappa shape index (κ2) is 5.72. The van der Waals surface area contributed by atoms with Crippen LogP contribution in [0.25, 0.3) is 11.0 Å². The lowest BCUT2D eigenvalue weighted by atomic mass is 10.1. The number of aromatic nitrogens is 2. The summed E-state index contributed by atoms with van der Waals surface area (Å²) in [6.45, 7) is 9.27. The summed E-state index contributed by atoms with van der Waals surface area (Å²) in [6, 6.07) is 5.91. The lowest BCUT2D eigenvalue weighted by Crippen LogP contribution is -2.21. The monoisotopic (exact) mass is 265 g/mol. The number of nitrogens with zero attached hydrogens (tertiary/aromatic N) is 2. The highest BCUT2D eigenvalue weighted by Gasteiger charge is 2.16. The molecule has 0 bridgehead atoms. The Hall–Kier alpha value is -1.06. The predicted molar refractivity (Wildman–Crippen MR) is 77.4 cm³/mol. The van der Waals surface area contributed by atoms with Gasteiger partial charge in [-0.1, -0.05) is 31.5 Å². The van der Waals surface area contributed by atoms with Crippen molar-refractivity contribution in [2.75, 3.05) is 13.1 Å². The second-order valence-electron chi connectivity index (χ2n) is 4.53. The summed E-state index contributed by atoms with van der Waals surface area (Å²) in [5, 5.41) is 4.15. The Bertz CT molecular complexity index is 533. The Morgan fingerprint density at radius 2 is 2.17 bits per heavy atom. The van der Waals surface area contributed by atoms with Gasteiger partial charge < -0.3 is 9.88 Å². The smallest absolute Gasteiger partial charge is 0.114 e. The lowest BCUT2D eigenvalue weighted by Gasteiger charge is -2.13. The molecular weight excluding hydrogens is 246 g/mol. The van der Waals surface area contributed by atoms with E-state index < -0.39 is 0 Å². The van der Waals surface area contributed by atoms with E-state index >= 15 is 0 Å². The molecule has 1 N–H and O–H groups in total. The van der Waals surface area contributed by atoms with Crippen LogP contribution in [0.3, 0.4) is 0 Å². The number of imidazole rings is 1. The molecule has 98 valence electrons. The minimum Gasteiger partial charge on any atom is -0.327 e. The molecule has 0 amide bonds. The zero-order chi connectivity index (χ0) is 13.1. The van der Waals surface area contributed by atoms with E-state index in [4.69, 9.17) is 16.6 Å². The van der Waals surface area contributed by atoms with Crippen molar-refractivity contribution >= 4 is 22.6 Å². The molecule has 0 saturated carbocycles. The molecule has 4 heteroatoms. The number of aryl methyl sites for hydroxylation is 1. The summed E-state index contributed by atoms with van der Waals surface area (Å²) in [6.07, 6.45) is 0. The van der Waals surface area contributed by atoms with Crippen LogP contribution in [0.2, 0.25) is 5.02 Å². The van der Waals surface area contributed by atoms with E-state index in [-0.39, 0.29) is 0 Å². The highest BCUT2D eigenvalue weighted by molar-refractivity contribution is 6.35. The van der Waals surface area contributed by atoms with Crippen LogP contribution in [-0.2, 0) is 6.54 Å². The molecule has 1 atom stereocenters. The lowest BCUT2D eigenvalue weighted by molar-refractivity contribution is 0.577. The first-order valence-corrected chi connectivity index (χ1v) is 6.92. The third-order valence-corrected chi connectivity index (χ3v) is 3.51. The molecule has 1 aromatic carbocycles. The molecular formula is C14H20ClN3. The summed E-state index contributed by atoms with van der Waals surface area (Å²) >= 11 is 6.29. The first-order chi connectivity index (χ1) is 8.69. The van der Waals surface area contributed by atoms with Gasteiger partial charge in [0.2, 0.25) is 0 Å². The van der Waals surface area contributed by atoms with Crippen molar-refractivity contribution in [3.63, 3.8) is 0 Å². The molecule has 1 unspecified atom stereocenters. The number of likely N-dealkylation sites (N-methyl/N-ethyl adjacent to an activating group) is 1. The highest BCUT2D eigenvalue weighted by atomic mass is 35.5. The molecule has 0 aliphatic rings. The number of halogens is 1. The zero-order valence-corrected chi connectivity index (χ0v) is 12.0. The van der Waals surface area contributed by atoms with Crippen LogP contribution in [-0.4, -0.2) is 22.6 Å². The van der Waals surface area contributed by atoms with Crippen molar-refractivity contribution in [3.05, 3.63) is 29.0 Å². The standard InChI is InChI=1S/C14H20ClN3/c1-4-16-9-10(3)14-17-12-8-6-7-11(15)13(12)18(14)5-2/h6-8,10,16H,4-5,9H2,1-3H3. The van der Waals surface area contributed by atoms with Gasteiger partial charge in [-0.25, -0.2) is 4.98 Å². The van der Waals surface area contributed by atoms with Gasteiger partial charge in [0.15, 0.2) is 0 Å². The van der Waals surface area contributed by atoms with Gasteiger partial charge in [-0.15, -0.1) is 0 Å². The largest absolute Gasteiger partial charge is 0.327 e. The predicted octanol–water partition coefficient (Wildman–Crippen LogP) is 3.42. The molecule has 1 aromatic heterocycles. The quantitative estimate of drug-likeness (QED) is 0.898. The molecule has 0 aliphatic carbocycles. The number of hydrogen-bond acceptors (Lipinski definition) is 2. The fraction of sp³-hybridized carbons (Fsp3) is 0.500. The molecule has 18 heavy (non-hydrogen) atoms. The molecule has 0 fully saturated rings. The van der Waals surface area contributed by atoms with Gasteiger partial charge in [0, 0.05) is 19.0 Å². The van der Waals surface area contributed by atoms with E-state index in [0.717, 1.165) is 41.5 Å². The Morgan fingerprint density at radius 1 is 1.39 bits per heavy atom. The Kier molecular flexibility index (Phi) is 4.25. The first kappa shape index (κ1) is 13.4. The van der Waals surface area contributed by atoms with Crippen LogP contribution in [0.1, 0.15) is 32.5 Å². The van der Waals surface area contributed by atoms with Gasteiger partial charge in [-0.3, -0.25) is 0 Å². The molecule has 0 radical (unpaired) electrons. The minimum absolute atomic E-state index is 0.383. The molecule has 0 spiro atoms.